The fourth-order valence-corrected chi connectivity index (χ4v) is 6.34. The van der Waals surface area contributed by atoms with Crippen LogP contribution in [0.15, 0.2) is 95.9 Å². The first-order chi connectivity index (χ1) is 17.2. The number of rotatable bonds is 3. The van der Waals surface area contributed by atoms with Gasteiger partial charge in [0.15, 0.2) is 6.20 Å². The average Bonchev–Trinajstić information content (AvgIpc) is 3.27. The first-order valence-electron chi connectivity index (χ1n) is 11.2. The molecule has 3 aromatic heterocycles. The molecule has 4 aromatic carbocycles. The normalized spacial score (nSPS) is 12.2. The molecule has 4 nitrogen and oxygen atoms in total. The predicted molar refractivity (Wildman–Crippen MR) is 158 cm³/mol. The van der Waals surface area contributed by atoms with Crippen LogP contribution in [0.5, 0.6) is 0 Å². The van der Waals surface area contributed by atoms with Gasteiger partial charge in [0.1, 0.15) is 23.1 Å². The molecule has 166 valence electrons. The minimum absolute atomic E-state index is 0.925. The minimum Gasteiger partial charge on any atom is -0.456 e. The Hall–Kier alpha value is -3.11. The molecule has 3 heterocycles. The van der Waals surface area contributed by atoms with Crippen LogP contribution >= 0.6 is 45.7 Å². The fourth-order valence-electron chi connectivity index (χ4n) is 5.09. The molecular weight excluding hydrogens is 660 g/mol. The van der Waals surface area contributed by atoms with Gasteiger partial charge in [-0.1, -0.05) is 59.6 Å². The lowest BCUT2D eigenvalue weighted by molar-refractivity contribution is -0.431. The molecule has 0 saturated carbocycles. The van der Waals surface area contributed by atoms with E-state index in [1.54, 1.807) is 0 Å². The van der Waals surface area contributed by atoms with Crippen LogP contribution in [0.4, 0.5) is 0 Å². The highest BCUT2D eigenvalue weighted by molar-refractivity contribution is 14.1. The lowest BCUT2D eigenvalue weighted by Gasteiger charge is -2.08. The Morgan fingerprint density at radius 1 is 0.686 bits per heavy atom. The molecule has 0 aliphatic heterocycles. The summed E-state index contributed by atoms with van der Waals surface area (Å²) in [5, 5.41) is 6.06. The van der Waals surface area contributed by atoms with Crippen molar-refractivity contribution < 1.29 is 9.98 Å². The van der Waals surface area contributed by atoms with Crippen molar-refractivity contribution in [2.45, 2.75) is 0 Å². The Kier molecular flexibility index (Phi) is 4.99. The lowest BCUT2D eigenvalue weighted by Crippen LogP contribution is -2.22. The molecule has 0 spiro atoms. The Labute approximate surface area is 228 Å². The van der Waals surface area contributed by atoms with Gasteiger partial charge < -0.3 is 4.42 Å². The molecule has 7 rings (SSSR count). The topological polar surface area (TPSA) is 33.8 Å². The summed E-state index contributed by atoms with van der Waals surface area (Å²) in [4.78, 5) is 4.23. The van der Waals surface area contributed by atoms with Crippen LogP contribution in [-0.4, -0.2) is 4.98 Å². The van der Waals surface area contributed by atoms with E-state index in [1.165, 1.54) is 38.0 Å². The largest absolute Gasteiger partial charge is 0.456 e. The van der Waals surface area contributed by atoms with Gasteiger partial charge in [0, 0.05) is 33.9 Å². The molecule has 0 aliphatic rings. The summed E-state index contributed by atoms with van der Waals surface area (Å²) in [5.74, 6) is 0. The number of aromatic nitrogens is 3. The zero-order chi connectivity index (χ0) is 23.5. The van der Waals surface area contributed by atoms with Crippen LogP contribution in [0.3, 0.4) is 0 Å². The van der Waals surface area contributed by atoms with Crippen molar-refractivity contribution in [1.82, 2.24) is 4.98 Å². The van der Waals surface area contributed by atoms with Gasteiger partial charge in [-0.05, 0) is 29.3 Å². The maximum absolute atomic E-state index is 6.29. The first-order valence-corrected chi connectivity index (χ1v) is 13.1. The van der Waals surface area contributed by atoms with Crippen LogP contribution in [0, 0.1) is 0 Å². The van der Waals surface area contributed by atoms with Crippen molar-refractivity contribution in [3.63, 3.8) is 0 Å². The van der Waals surface area contributed by atoms with Gasteiger partial charge in [-0.25, -0.2) is 0 Å². The van der Waals surface area contributed by atoms with Crippen LogP contribution < -0.4 is 5.56 Å². The molecule has 0 fully saturated rings. The molecule has 0 aliphatic carbocycles. The van der Waals surface area contributed by atoms with Crippen molar-refractivity contribution in [3.8, 4) is 11.3 Å². The quantitative estimate of drug-likeness (QED) is 0.110. The second-order valence-corrected chi connectivity index (χ2v) is 10.5. The maximum Gasteiger partial charge on any atom is 0.354 e. The molecule has 6 heteroatoms. The van der Waals surface area contributed by atoms with E-state index in [2.05, 4.69) is 139 Å². The Morgan fingerprint density at radius 2 is 1.51 bits per heavy atom. The van der Waals surface area contributed by atoms with Crippen molar-refractivity contribution >= 4 is 101 Å². The lowest BCUT2D eigenvalue weighted by atomic mass is 9.93. The molecular formula is C29H17I2N3O+2. The van der Waals surface area contributed by atoms with Crippen LogP contribution in [-0.2, 0) is 0 Å². The third kappa shape index (κ3) is 3.26. The van der Waals surface area contributed by atoms with Crippen molar-refractivity contribution in [1.29, 1.82) is 0 Å². The summed E-state index contributed by atoms with van der Waals surface area (Å²) in [5.41, 5.74) is 7.65. The van der Waals surface area contributed by atoms with E-state index in [1.807, 2.05) is 21.4 Å². The smallest absolute Gasteiger partial charge is 0.354 e. The van der Waals surface area contributed by atoms with Gasteiger partial charge in [-0.15, -0.1) is 2.78 Å². The third-order valence-electron chi connectivity index (χ3n) is 6.57. The standard InChI is InChI=1S/C29H17I2N3O/c30-33-16-4-8-22-21-7-3-9-24-27(21)28-25(35-24)13-12-19(26(28)29(22)33)11-10-18-5-1-2-6-20(18)23-14-15-32-17-34(23)31/h1-17H/q+2/b11-10+. The Balaban J connectivity index is 1.52. The monoisotopic (exact) mass is 677 g/mol. The van der Waals surface area contributed by atoms with E-state index in [0.29, 0.717) is 0 Å². The summed E-state index contributed by atoms with van der Waals surface area (Å²) < 4.78 is 10.5. The van der Waals surface area contributed by atoms with E-state index in [0.717, 1.165) is 28.0 Å². The molecule has 35 heavy (non-hydrogen) atoms. The number of nitrogens with zero attached hydrogens (tertiary/aromatic N) is 3. The molecule has 0 unspecified atom stereocenters. The van der Waals surface area contributed by atoms with E-state index in [-0.39, 0.29) is 0 Å². The average molecular weight is 677 g/mol. The molecule has 7 aromatic rings. The van der Waals surface area contributed by atoms with E-state index < -0.39 is 0 Å². The SMILES string of the molecule is I[n+]1cnccc1-c1ccccc1/C=C/c1ccc2oc3cccc4c5ccc[n+](I)c5c1c2c34. The number of pyridine rings is 1. The minimum atomic E-state index is 0.925. The van der Waals surface area contributed by atoms with Crippen LogP contribution in [0.2, 0.25) is 0 Å². The number of furan rings is 1. The van der Waals surface area contributed by atoms with Crippen LogP contribution in [0.25, 0.3) is 67.0 Å². The predicted octanol–water partition coefficient (Wildman–Crippen LogP) is 7.53. The number of halogens is 2. The van der Waals surface area contributed by atoms with Crippen molar-refractivity contribution in [2.75, 3.05) is 0 Å². The number of hydrogen-bond donors (Lipinski definition) is 0. The second kappa shape index (κ2) is 8.23. The van der Waals surface area contributed by atoms with E-state index in [4.69, 9.17) is 4.42 Å². The summed E-state index contributed by atoms with van der Waals surface area (Å²) in [6, 6.07) is 25.4. The van der Waals surface area contributed by atoms with Gasteiger partial charge in [0.25, 0.3) is 6.33 Å². The van der Waals surface area contributed by atoms with E-state index >= 15 is 0 Å². The summed E-state index contributed by atoms with van der Waals surface area (Å²) >= 11 is 4.66. The van der Waals surface area contributed by atoms with Gasteiger partial charge >= 0.3 is 22.9 Å². The zero-order valence-electron chi connectivity index (χ0n) is 18.3. The highest BCUT2D eigenvalue weighted by Gasteiger charge is 2.23. The number of hydrogen-bond acceptors (Lipinski definition) is 2. The summed E-state index contributed by atoms with van der Waals surface area (Å²) in [6.07, 6.45) is 10.2. The molecule has 0 atom stereocenters. The summed E-state index contributed by atoms with van der Waals surface area (Å²) in [6.45, 7) is 0. The highest BCUT2D eigenvalue weighted by atomic mass is 127. The van der Waals surface area contributed by atoms with Gasteiger partial charge in [0.2, 0.25) is 28.4 Å². The number of fused-ring (bicyclic) bond motifs is 3. The Bertz CT molecular complexity index is 1940. The Morgan fingerprint density at radius 3 is 2.43 bits per heavy atom. The fraction of sp³-hybridized carbons (Fsp3) is 0. The van der Waals surface area contributed by atoms with Crippen LogP contribution in [0.1, 0.15) is 11.1 Å². The summed E-state index contributed by atoms with van der Waals surface area (Å²) in [7, 11) is 0. The molecule has 0 amide bonds. The van der Waals surface area contributed by atoms with Crippen molar-refractivity contribution in [3.05, 3.63) is 103 Å². The zero-order valence-corrected chi connectivity index (χ0v) is 22.6. The van der Waals surface area contributed by atoms with Gasteiger partial charge in [-0.3, -0.25) is 0 Å². The highest BCUT2D eigenvalue weighted by Crippen LogP contribution is 2.43. The molecule has 0 N–H and O–H groups in total. The van der Waals surface area contributed by atoms with Crippen molar-refractivity contribution in [2.24, 2.45) is 0 Å². The molecule has 0 bridgehead atoms. The van der Waals surface area contributed by atoms with E-state index in [9.17, 15) is 0 Å². The van der Waals surface area contributed by atoms with Gasteiger partial charge in [0.05, 0.1) is 10.8 Å². The molecule has 0 saturated heterocycles. The number of benzene rings is 4. The van der Waals surface area contributed by atoms with Gasteiger partial charge in [-0.2, -0.15) is 2.78 Å². The first kappa shape index (κ1) is 21.2. The maximum atomic E-state index is 6.29. The molecule has 0 radical (unpaired) electrons. The third-order valence-corrected chi connectivity index (χ3v) is 8.14. The second-order valence-electron chi connectivity index (χ2n) is 8.46.